The van der Waals surface area contributed by atoms with Crippen molar-refractivity contribution < 1.29 is 28.8 Å². The van der Waals surface area contributed by atoms with Crippen LogP contribution in [0.2, 0.25) is 0 Å². The first-order valence-corrected chi connectivity index (χ1v) is 8.36. The molecule has 0 radical (unpaired) electrons. The topological polar surface area (TPSA) is 86.1 Å². The summed E-state index contributed by atoms with van der Waals surface area (Å²) in [6.07, 6.45) is 3.44. The lowest BCUT2D eigenvalue weighted by atomic mass is 10.1. The van der Waals surface area contributed by atoms with Gasteiger partial charge in [0.25, 0.3) is 5.91 Å². The molecule has 0 unspecified atom stereocenters. The molecule has 0 saturated heterocycles. The molecule has 0 aliphatic heterocycles. The number of esters is 2. The van der Waals surface area contributed by atoms with E-state index in [2.05, 4.69) is 18.5 Å². The molecule has 1 aromatic rings. The Hall–Kier alpha value is -2.45. The number of thiophene rings is 1. The number of rotatable bonds is 9. The summed E-state index contributed by atoms with van der Waals surface area (Å²) in [6, 6.07) is 0. The molecule has 0 fully saturated rings. The summed E-state index contributed by atoms with van der Waals surface area (Å²) in [6.45, 7) is 10.3. The molecule has 0 atom stereocenters. The van der Waals surface area contributed by atoms with Crippen LogP contribution in [0.1, 0.15) is 25.6 Å². The Morgan fingerprint density at radius 2 is 1.68 bits per heavy atom. The quantitative estimate of drug-likeness (QED) is 0.499. The average molecular weight is 367 g/mol. The highest BCUT2D eigenvalue weighted by atomic mass is 32.1. The molecular formula is C17H23N2O5S+. The second-order valence-corrected chi connectivity index (χ2v) is 6.22. The third-order valence-corrected chi connectivity index (χ3v) is 4.62. The van der Waals surface area contributed by atoms with Crippen LogP contribution in [0.15, 0.2) is 25.3 Å². The fourth-order valence-electron chi connectivity index (χ4n) is 2.27. The summed E-state index contributed by atoms with van der Waals surface area (Å²) in [7, 11) is 2.49. The first-order valence-electron chi connectivity index (χ1n) is 7.54. The summed E-state index contributed by atoms with van der Waals surface area (Å²) in [5, 5.41) is 2.96. The van der Waals surface area contributed by atoms with Crippen molar-refractivity contribution in [2.75, 3.05) is 39.2 Å². The van der Waals surface area contributed by atoms with Crippen LogP contribution in [0.25, 0.3) is 0 Å². The SMILES string of the molecule is C=CC[NH+](CC=C)CC(=O)Nc1sc(C(=O)OC)c(C)c1C(=O)OC. The van der Waals surface area contributed by atoms with Crippen molar-refractivity contribution in [3.8, 4) is 0 Å². The molecule has 0 saturated carbocycles. The molecule has 7 nitrogen and oxygen atoms in total. The maximum atomic E-state index is 12.3. The van der Waals surface area contributed by atoms with Crippen LogP contribution in [-0.4, -0.2) is 51.7 Å². The van der Waals surface area contributed by atoms with Crippen LogP contribution in [0.3, 0.4) is 0 Å². The van der Waals surface area contributed by atoms with Gasteiger partial charge >= 0.3 is 11.9 Å². The van der Waals surface area contributed by atoms with Crippen molar-refractivity contribution in [1.29, 1.82) is 0 Å². The molecule has 1 rings (SSSR count). The van der Waals surface area contributed by atoms with E-state index in [4.69, 9.17) is 9.47 Å². The number of methoxy groups -OCH3 is 2. The predicted molar refractivity (Wildman–Crippen MR) is 96.3 cm³/mol. The number of anilines is 1. The summed E-state index contributed by atoms with van der Waals surface area (Å²) in [4.78, 5) is 37.4. The van der Waals surface area contributed by atoms with Gasteiger partial charge in [-0.3, -0.25) is 4.79 Å². The van der Waals surface area contributed by atoms with Crippen molar-refractivity contribution in [1.82, 2.24) is 0 Å². The fourth-order valence-corrected chi connectivity index (χ4v) is 3.40. The zero-order valence-corrected chi connectivity index (χ0v) is 15.5. The van der Waals surface area contributed by atoms with E-state index >= 15 is 0 Å². The van der Waals surface area contributed by atoms with Crippen LogP contribution in [-0.2, 0) is 14.3 Å². The van der Waals surface area contributed by atoms with E-state index in [0.29, 0.717) is 18.7 Å². The van der Waals surface area contributed by atoms with Crippen LogP contribution in [0, 0.1) is 6.92 Å². The number of carbonyl (C=O) groups excluding carboxylic acids is 3. The number of nitrogens with one attached hydrogen (secondary N) is 2. The van der Waals surface area contributed by atoms with Gasteiger partial charge in [0, 0.05) is 0 Å². The molecule has 8 heteroatoms. The summed E-state index contributed by atoms with van der Waals surface area (Å²) in [5.74, 6) is -1.49. The maximum absolute atomic E-state index is 12.3. The summed E-state index contributed by atoms with van der Waals surface area (Å²) >= 11 is 0.988. The van der Waals surface area contributed by atoms with E-state index in [1.54, 1.807) is 19.1 Å². The summed E-state index contributed by atoms with van der Waals surface area (Å²) < 4.78 is 9.47. The van der Waals surface area contributed by atoms with Gasteiger partial charge in [0.2, 0.25) is 0 Å². The first-order chi connectivity index (χ1) is 11.9. The molecule has 25 heavy (non-hydrogen) atoms. The van der Waals surface area contributed by atoms with Gasteiger partial charge in [-0.25, -0.2) is 9.59 Å². The van der Waals surface area contributed by atoms with Crippen LogP contribution < -0.4 is 10.2 Å². The zero-order chi connectivity index (χ0) is 19.0. The van der Waals surface area contributed by atoms with E-state index < -0.39 is 11.9 Å². The average Bonchev–Trinajstić information content (AvgIpc) is 2.90. The second kappa shape index (κ2) is 9.75. The number of ether oxygens (including phenoxy) is 2. The van der Waals surface area contributed by atoms with E-state index in [9.17, 15) is 14.4 Å². The molecule has 2 N–H and O–H groups in total. The number of quaternary nitrogens is 1. The molecule has 0 bridgehead atoms. The molecule has 0 aromatic carbocycles. The van der Waals surface area contributed by atoms with Gasteiger partial charge in [0.05, 0.1) is 32.9 Å². The van der Waals surface area contributed by atoms with E-state index in [1.165, 1.54) is 14.2 Å². The van der Waals surface area contributed by atoms with Gasteiger partial charge in [-0.2, -0.15) is 0 Å². The van der Waals surface area contributed by atoms with Crippen molar-refractivity contribution in [2.45, 2.75) is 6.92 Å². The van der Waals surface area contributed by atoms with Crippen LogP contribution in [0.5, 0.6) is 0 Å². The number of carbonyl (C=O) groups is 3. The van der Waals surface area contributed by atoms with Gasteiger partial charge in [0.15, 0.2) is 6.54 Å². The van der Waals surface area contributed by atoms with E-state index in [0.717, 1.165) is 16.2 Å². The van der Waals surface area contributed by atoms with Crippen molar-refractivity contribution in [2.24, 2.45) is 0 Å². The molecule has 0 spiro atoms. The Labute approximate surface area is 150 Å². The van der Waals surface area contributed by atoms with Gasteiger partial charge in [-0.1, -0.05) is 13.2 Å². The molecular weight excluding hydrogens is 344 g/mol. The fraction of sp³-hybridized carbons (Fsp3) is 0.353. The third-order valence-electron chi connectivity index (χ3n) is 3.44. The zero-order valence-electron chi connectivity index (χ0n) is 14.6. The minimum atomic E-state index is -0.624. The number of amides is 1. The smallest absolute Gasteiger partial charge is 0.348 e. The highest BCUT2D eigenvalue weighted by Crippen LogP contribution is 2.34. The third kappa shape index (κ3) is 5.27. The van der Waals surface area contributed by atoms with Crippen LogP contribution >= 0.6 is 11.3 Å². The Morgan fingerprint density at radius 1 is 1.12 bits per heavy atom. The maximum Gasteiger partial charge on any atom is 0.348 e. The minimum absolute atomic E-state index is 0.162. The van der Waals surface area contributed by atoms with Crippen molar-refractivity contribution in [3.05, 3.63) is 41.3 Å². The van der Waals surface area contributed by atoms with E-state index in [-0.39, 0.29) is 27.9 Å². The Bertz CT molecular complexity index is 671. The van der Waals surface area contributed by atoms with Crippen molar-refractivity contribution in [3.63, 3.8) is 0 Å². The lowest BCUT2D eigenvalue weighted by Gasteiger charge is -2.15. The summed E-state index contributed by atoms with van der Waals surface area (Å²) in [5.41, 5.74) is 0.579. The van der Waals surface area contributed by atoms with Gasteiger partial charge < -0.3 is 19.7 Å². The lowest BCUT2D eigenvalue weighted by Crippen LogP contribution is -3.12. The van der Waals surface area contributed by atoms with Crippen LogP contribution in [0.4, 0.5) is 5.00 Å². The first kappa shape index (κ1) is 20.6. The van der Waals surface area contributed by atoms with Gasteiger partial charge in [0.1, 0.15) is 9.88 Å². The molecule has 0 aliphatic rings. The largest absolute Gasteiger partial charge is 0.465 e. The normalized spacial score (nSPS) is 10.2. The Balaban J connectivity index is 3.08. The standard InChI is InChI=1S/C17H22N2O5S/c1-6-8-19(9-7-2)10-12(20)18-15-13(16(21)23-4)11(3)14(25-15)17(22)24-5/h6-7H,1-2,8-10H2,3-5H3,(H,18,20)/p+1. The monoisotopic (exact) mass is 367 g/mol. The molecule has 1 amide bonds. The molecule has 0 aliphatic carbocycles. The minimum Gasteiger partial charge on any atom is -0.465 e. The van der Waals surface area contributed by atoms with E-state index in [1.807, 2.05) is 0 Å². The highest BCUT2D eigenvalue weighted by molar-refractivity contribution is 7.18. The highest BCUT2D eigenvalue weighted by Gasteiger charge is 2.27. The lowest BCUT2D eigenvalue weighted by molar-refractivity contribution is -0.879. The van der Waals surface area contributed by atoms with Gasteiger partial charge in [-0.05, 0) is 24.6 Å². The number of hydrogen-bond donors (Lipinski definition) is 2. The van der Waals surface area contributed by atoms with Gasteiger partial charge in [-0.15, -0.1) is 11.3 Å². The molecule has 1 heterocycles. The number of hydrogen-bond acceptors (Lipinski definition) is 6. The Kier molecular flexibility index (Phi) is 8.03. The molecule has 1 aromatic heterocycles. The Morgan fingerprint density at radius 3 is 2.16 bits per heavy atom. The predicted octanol–water partition coefficient (Wildman–Crippen LogP) is 0.825. The van der Waals surface area contributed by atoms with Crippen molar-refractivity contribution >= 4 is 34.2 Å². The second-order valence-electron chi connectivity index (χ2n) is 5.20. The molecule has 136 valence electrons.